The number of epoxide rings is 1. The van der Waals surface area contributed by atoms with E-state index in [1.54, 1.807) is 26.0 Å². The Morgan fingerprint density at radius 2 is 2.03 bits per heavy atom. The molecule has 3 aliphatic rings. The van der Waals surface area contributed by atoms with Crippen LogP contribution in [-0.4, -0.2) is 60.1 Å². The smallest absolute Gasteiger partial charge is 0.341 e. The summed E-state index contributed by atoms with van der Waals surface area (Å²) in [5, 5.41) is 11.1. The van der Waals surface area contributed by atoms with Crippen LogP contribution >= 0.6 is 0 Å². The Hall–Kier alpha value is -2.45. The Bertz CT molecular complexity index is 809. The highest BCUT2D eigenvalue weighted by Gasteiger charge is 2.59. The minimum absolute atomic E-state index is 0.0409. The van der Waals surface area contributed by atoms with Crippen molar-refractivity contribution < 1.29 is 38.4 Å². The quantitative estimate of drug-likeness (QED) is 0.246. The molecule has 0 bridgehead atoms. The average Bonchev–Trinajstić information content (AvgIpc) is 3.20. The summed E-state index contributed by atoms with van der Waals surface area (Å²) in [6.07, 6.45) is 0.441. The van der Waals surface area contributed by atoms with Gasteiger partial charge in [-0.1, -0.05) is 18.2 Å². The van der Waals surface area contributed by atoms with Crippen molar-refractivity contribution in [3.63, 3.8) is 0 Å². The van der Waals surface area contributed by atoms with Gasteiger partial charge in [0.1, 0.15) is 18.3 Å². The van der Waals surface area contributed by atoms with Crippen LogP contribution in [0.4, 0.5) is 0 Å². The van der Waals surface area contributed by atoms with Crippen molar-refractivity contribution in [2.45, 2.75) is 63.6 Å². The summed E-state index contributed by atoms with van der Waals surface area (Å²) in [4.78, 5) is 37.2. The first-order valence-electron chi connectivity index (χ1n) is 9.52. The number of aliphatic hydroxyl groups excluding tert-OH is 1. The lowest BCUT2D eigenvalue weighted by Crippen LogP contribution is -2.46. The Kier molecular flexibility index (Phi) is 5.69. The standard InChI is InChI=1S/C21H26O8/c1-10-7-6-8-13(19(24)26-5)16(22)17(28-20(25)21(4)12(3)29-21)15-11(2)18(23)27-14(15)9-10/h8-9,12,14-17,22H,2,6-7H2,1,3-5H3/b10-9+,13-8+/t12-,14-,15+,16+,17+,21-/m1/s1. The van der Waals surface area contributed by atoms with Gasteiger partial charge in [0.25, 0.3) is 0 Å². The number of esters is 3. The maximum absolute atomic E-state index is 12.7. The molecule has 1 aliphatic carbocycles. The fraction of sp³-hybridized carbons (Fsp3) is 0.571. The van der Waals surface area contributed by atoms with Crippen LogP contribution in [0.15, 0.2) is 35.5 Å². The number of rotatable bonds is 3. The second kappa shape index (κ2) is 7.76. The van der Waals surface area contributed by atoms with Gasteiger partial charge in [0.2, 0.25) is 0 Å². The van der Waals surface area contributed by atoms with Crippen LogP contribution in [0.3, 0.4) is 0 Å². The highest BCUT2D eigenvalue weighted by atomic mass is 16.7. The van der Waals surface area contributed by atoms with Gasteiger partial charge in [-0.15, -0.1) is 0 Å². The molecule has 0 aromatic heterocycles. The van der Waals surface area contributed by atoms with Gasteiger partial charge in [-0.2, -0.15) is 0 Å². The molecule has 0 aromatic rings. The minimum Gasteiger partial charge on any atom is -0.466 e. The molecule has 3 rings (SSSR count). The largest absolute Gasteiger partial charge is 0.466 e. The average molecular weight is 406 g/mol. The Labute approximate surface area is 169 Å². The molecule has 29 heavy (non-hydrogen) atoms. The molecular formula is C21H26O8. The summed E-state index contributed by atoms with van der Waals surface area (Å²) in [5.41, 5.74) is -0.192. The van der Waals surface area contributed by atoms with Gasteiger partial charge in [0.05, 0.1) is 24.7 Å². The molecule has 8 nitrogen and oxygen atoms in total. The molecule has 0 amide bonds. The summed E-state index contributed by atoms with van der Waals surface area (Å²) in [7, 11) is 1.20. The van der Waals surface area contributed by atoms with Gasteiger partial charge in [-0.25, -0.2) is 14.4 Å². The predicted octanol–water partition coefficient (Wildman–Crippen LogP) is 1.37. The van der Waals surface area contributed by atoms with E-state index in [1.807, 2.05) is 6.92 Å². The van der Waals surface area contributed by atoms with E-state index >= 15 is 0 Å². The third-order valence-electron chi connectivity index (χ3n) is 5.81. The lowest BCUT2D eigenvalue weighted by molar-refractivity contribution is -0.165. The molecule has 2 fully saturated rings. The fourth-order valence-corrected chi connectivity index (χ4v) is 3.69. The highest BCUT2D eigenvalue weighted by molar-refractivity contribution is 5.92. The van der Waals surface area contributed by atoms with Crippen LogP contribution in [0, 0.1) is 5.92 Å². The molecule has 2 saturated heterocycles. The van der Waals surface area contributed by atoms with Crippen LogP contribution < -0.4 is 0 Å². The molecular weight excluding hydrogens is 380 g/mol. The van der Waals surface area contributed by atoms with E-state index in [2.05, 4.69) is 6.58 Å². The van der Waals surface area contributed by atoms with Crippen molar-refractivity contribution in [3.05, 3.63) is 35.5 Å². The van der Waals surface area contributed by atoms with Crippen molar-refractivity contribution in [2.75, 3.05) is 7.11 Å². The van der Waals surface area contributed by atoms with Crippen LogP contribution in [0.1, 0.15) is 33.6 Å². The number of carbonyl (C=O) groups excluding carboxylic acids is 3. The fourth-order valence-electron chi connectivity index (χ4n) is 3.69. The number of allylic oxidation sites excluding steroid dienone is 2. The number of hydrogen-bond acceptors (Lipinski definition) is 8. The van der Waals surface area contributed by atoms with Gasteiger partial charge in [-0.3, -0.25) is 0 Å². The van der Waals surface area contributed by atoms with Crippen LogP contribution in [0.2, 0.25) is 0 Å². The topological polar surface area (TPSA) is 112 Å². The van der Waals surface area contributed by atoms with Gasteiger partial charge >= 0.3 is 17.9 Å². The Morgan fingerprint density at radius 3 is 2.62 bits per heavy atom. The number of methoxy groups -OCH3 is 1. The predicted molar refractivity (Wildman–Crippen MR) is 100 cm³/mol. The molecule has 0 spiro atoms. The first kappa shape index (κ1) is 21.3. The Balaban J connectivity index is 2.04. The van der Waals surface area contributed by atoms with E-state index in [-0.39, 0.29) is 17.3 Å². The second-order valence-corrected chi connectivity index (χ2v) is 7.81. The zero-order valence-corrected chi connectivity index (χ0v) is 17.0. The van der Waals surface area contributed by atoms with Gasteiger partial charge in [-0.05, 0) is 39.7 Å². The maximum Gasteiger partial charge on any atom is 0.341 e. The lowest BCUT2D eigenvalue weighted by Gasteiger charge is -2.31. The zero-order valence-electron chi connectivity index (χ0n) is 17.0. The molecule has 6 atom stereocenters. The summed E-state index contributed by atoms with van der Waals surface area (Å²) < 4.78 is 21.2. The second-order valence-electron chi connectivity index (χ2n) is 7.81. The molecule has 2 aliphatic heterocycles. The SMILES string of the molecule is C=C1C(=O)O[C@@H]2/C=C(\C)CC/C=C(/C(=O)OC)[C@H](O)[C@@H](OC(=O)[C@]3(C)O[C@@H]3C)[C@@H]12. The van der Waals surface area contributed by atoms with E-state index in [4.69, 9.17) is 18.9 Å². The number of ether oxygens (including phenoxy) is 4. The molecule has 0 saturated carbocycles. The summed E-state index contributed by atoms with van der Waals surface area (Å²) in [5.74, 6) is -2.93. The number of hydrogen-bond donors (Lipinski definition) is 1. The number of fused-ring (bicyclic) bond motifs is 1. The number of aliphatic hydroxyl groups is 1. The summed E-state index contributed by atoms with van der Waals surface area (Å²) >= 11 is 0. The highest BCUT2D eigenvalue weighted by Crippen LogP contribution is 2.41. The lowest BCUT2D eigenvalue weighted by atomic mass is 9.83. The molecule has 8 heteroatoms. The van der Waals surface area contributed by atoms with Crippen molar-refractivity contribution in [1.82, 2.24) is 0 Å². The molecule has 0 unspecified atom stereocenters. The minimum atomic E-state index is -1.53. The first-order chi connectivity index (χ1) is 13.6. The maximum atomic E-state index is 12.7. The molecule has 1 N–H and O–H groups in total. The molecule has 0 aromatic carbocycles. The molecule has 2 heterocycles. The van der Waals surface area contributed by atoms with Gasteiger partial charge < -0.3 is 24.1 Å². The Morgan fingerprint density at radius 1 is 1.38 bits per heavy atom. The van der Waals surface area contributed by atoms with E-state index < -0.39 is 47.7 Å². The van der Waals surface area contributed by atoms with Gasteiger partial charge in [0.15, 0.2) is 5.60 Å². The third kappa shape index (κ3) is 3.86. The molecule has 0 radical (unpaired) electrons. The summed E-state index contributed by atoms with van der Waals surface area (Å²) in [6, 6.07) is 0. The number of carbonyl (C=O) groups is 3. The normalized spacial score (nSPS) is 40.5. The van der Waals surface area contributed by atoms with Gasteiger partial charge in [0, 0.05) is 5.57 Å². The van der Waals surface area contributed by atoms with Crippen molar-refractivity contribution in [1.29, 1.82) is 0 Å². The van der Waals surface area contributed by atoms with Crippen LogP contribution in [0.25, 0.3) is 0 Å². The van der Waals surface area contributed by atoms with Crippen molar-refractivity contribution in [3.8, 4) is 0 Å². The van der Waals surface area contributed by atoms with E-state index in [0.29, 0.717) is 12.8 Å². The summed E-state index contributed by atoms with van der Waals surface area (Å²) in [6.45, 7) is 8.95. The van der Waals surface area contributed by atoms with Crippen molar-refractivity contribution in [2.24, 2.45) is 5.92 Å². The van der Waals surface area contributed by atoms with E-state index in [0.717, 1.165) is 5.57 Å². The monoisotopic (exact) mass is 406 g/mol. The van der Waals surface area contributed by atoms with E-state index in [1.165, 1.54) is 7.11 Å². The van der Waals surface area contributed by atoms with E-state index in [9.17, 15) is 19.5 Å². The molecule has 158 valence electrons. The van der Waals surface area contributed by atoms with Crippen molar-refractivity contribution >= 4 is 17.9 Å². The zero-order chi connectivity index (χ0) is 21.5. The first-order valence-corrected chi connectivity index (χ1v) is 9.52. The van der Waals surface area contributed by atoms with Crippen LogP contribution in [0.5, 0.6) is 0 Å². The third-order valence-corrected chi connectivity index (χ3v) is 5.81. The van der Waals surface area contributed by atoms with Crippen LogP contribution in [-0.2, 0) is 33.3 Å².